The van der Waals surface area contributed by atoms with Crippen LogP contribution in [0.15, 0.2) is 36.9 Å². The van der Waals surface area contributed by atoms with Crippen LogP contribution < -0.4 is 10.7 Å². The van der Waals surface area contributed by atoms with Gasteiger partial charge in [-0.3, -0.25) is 29.2 Å². The molecule has 1 aliphatic carbocycles. The van der Waals surface area contributed by atoms with Crippen molar-refractivity contribution in [3.05, 3.63) is 36.9 Å². The first-order valence-electron chi connectivity index (χ1n) is 11.3. The van der Waals surface area contributed by atoms with Crippen LogP contribution in [0.5, 0.6) is 0 Å². The number of rotatable bonds is 9. The van der Waals surface area contributed by atoms with E-state index in [0.29, 0.717) is 48.4 Å². The van der Waals surface area contributed by atoms with Crippen LogP contribution >= 0.6 is 0 Å². The fraction of sp³-hybridized carbons (Fsp3) is 0.500. The van der Waals surface area contributed by atoms with Gasteiger partial charge in [-0.2, -0.15) is 0 Å². The van der Waals surface area contributed by atoms with Crippen molar-refractivity contribution >= 4 is 24.0 Å². The minimum absolute atomic E-state index is 0.0974. The predicted molar refractivity (Wildman–Crippen MR) is 118 cm³/mol. The molecule has 2 aromatic rings. The maximum Gasteiger partial charge on any atom is 0.250 e. The summed E-state index contributed by atoms with van der Waals surface area (Å²) in [7, 11) is 0. The SMILES string of the molecule is O=CN(O)CC(CC1CCCC1)C(=O)N1NCCC1C(=O)Nc1cccc(-n2ccnc2)n1. The monoisotopic (exact) mass is 455 g/mol. The maximum atomic E-state index is 13.4. The van der Waals surface area contributed by atoms with Crippen molar-refractivity contribution in [1.82, 2.24) is 30.0 Å². The van der Waals surface area contributed by atoms with E-state index in [0.717, 1.165) is 25.7 Å². The minimum Gasteiger partial charge on any atom is -0.309 e. The lowest BCUT2D eigenvalue weighted by atomic mass is 9.92. The summed E-state index contributed by atoms with van der Waals surface area (Å²) in [6.45, 7) is 0.374. The molecule has 3 N–H and O–H groups in total. The van der Waals surface area contributed by atoms with Gasteiger partial charge in [0, 0.05) is 18.9 Å². The largest absolute Gasteiger partial charge is 0.309 e. The van der Waals surface area contributed by atoms with Gasteiger partial charge in [0.2, 0.25) is 18.2 Å². The zero-order valence-corrected chi connectivity index (χ0v) is 18.3. The summed E-state index contributed by atoms with van der Waals surface area (Å²) in [6.07, 6.45) is 10.7. The van der Waals surface area contributed by atoms with Crippen LogP contribution in [0, 0.1) is 11.8 Å². The van der Waals surface area contributed by atoms with Gasteiger partial charge in [0.1, 0.15) is 24.0 Å². The molecule has 3 heterocycles. The molecule has 0 spiro atoms. The first kappa shape index (κ1) is 22.9. The molecule has 0 bridgehead atoms. The average molecular weight is 456 g/mol. The second kappa shape index (κ2) is 10.5. The number of nitrogens with one attached hydrogen (secondary N) is 2. The van der Waals surface area contributed by atoms with E-state index in [-0.39, 0.29) is 18.4 Å². The lowest BCUT2D eigenvalue weighted by Crippen LogP contribution is -2.51. The summed E-state index contributed by atoms with van der Waals surface area (Å²) in [5.41, 5.74) is 3.01. The second-order valence-corrected chi connectivity index (χ2v) is 8.57. The molecule has 2 aromatic heterocycles. The van der Waals surface area contributed by atoms with Crippen LogP contribution in [0.3, 0.4) is 0 Å². The van der Waals surface area contributed by atoms with Gasteiger partial charge in [-0.25, -0.2) is 20.5 Å². The Morgan fingerprint density at radius 3 is 2.85 bits per heavy atom. The molecule has 3 amide bonds. The molecule has 1 aliphatic heterocycles. The molecular formula is C22H29N7O4. The van der Waals surface area contributed by atoms with Crippen molar-refractivity contribution in [2.45, 2.75) is 44.6 Å². The van der Waals surface area contributed by atoms with Crippen molar-refractivity contribution in [2.24, 2.45) is 11.8 Å². The Labute approximate surface area is 191 Å². The molecule has 11 nitrogen and oxygen atoms in total. The average Bonchev–Trinajstić information content (AvgIpc) is 3.61. The molecule has 2 fully saturated rings. The fourth-order valence-electron chi connectivity index (χ4n) is 4.65. The first-order valence-corrected chi connectivity index (χ1v) is 11.3. The van der Waals surface area contributed by atoms with Crippen LogP contribution in [0.2, 0.25) is 0 Å². The number of carbonyl (C=O) groups is 3. The number of hydrogen-bond donors (Lipinski definition) is 3. The van der Waals surface area contributed by atoms with Crippen LogP contribution in [0.25, 0.3) is 5.82 Å². The zero-order valence-electron chi connectivity index (χ0n) is 18.3. The van der Waals surface area contributed by atoms with E-state index in [2.05, 4.69) is 20.7 Å². The van der Waals surface area contributed by atoms with E-state index < -0.39 is 12.0 Å². The zero-order chi connectivity index (χ0) is 23.2. The number of anilines is 1. The molecule has 2 aliphatic rings. The highest BCUT2D eigenvalue weighted by molar-refractivity contribution is 5.97. The molecule has 2 atom stereocenters. The number of carbonyl (C=O) groups excluding carboxylic acids is 3. The number of nitrogens with zero attached hydrogens (tertiary/aromatic N) is 5. The molecule has 2 unspecified atom stereocenters. The highest BCUT2D eigenvalue weighted by atomic mass is 16.5. The third-order valence-corrected chi connectivity index (χ3v) is 6.28. The summed E-state index contributed by atoms with van der Waals surface area (Å²) < 4.78 is 1.73. The van der Waals surface area contributed by atoms with Crippen molar-refractivity contribution in [1.29, 1.82) is 0 Å². The molecule has 0 aromatic carbocycles. The Morgan fingerprint density at radius 2 is 2.12 bits per heavy atom. The molecule has 33 heavy (non-hydrogen) atoms. The number of amides is 3. The third-order valence-electron chi connectivity index (χ3n) is 6.28. The van der Waals surface area contributed by atoms with Gasteiger partial charge < -0.3 is 5.32 Å². The summed E-state index contributed by atoms with van der Waals surface area (Å²) >= 11 is 0. The summed E-state index contributed by atoms with van der Waals surface area (Å²) in [5, 5.41) is 14.4. The summed E-state index contributed by atoms with van der Waals surface area (Å²) in [4.78, 5) is 45.8. The predicted octanol–water partition coefficient (Wildman–Crippen LogP) is 1.36. The van der Waals surface area contributed by atoms with Gasteiger partial charge in [0.05, 0.1) is 12.5 Å². The molecule has 11 heteroatoms. The van der Waals surface area contributed by atoms with Gasteiger partial charge >= 0.3 is 0 Å². The van der Waals surface area contributed by atoms with Crippen molar-refractivity contribution in [3.8, 4) is 5.82 Å². The Balaban J connectivity index is 1.45. The van der Waals surface area contributed by atoms with Crippen LogP contribution in [-0.4, -0.2) is 67.2 Å². The molecular weight excluding hydrogens is 426 g/mol. The highest BCUT2D eigenvalue weighted by Gasteiger charge is 2.39. The number of hydroxylamine groups is 2. The van der Waals surface area contributed by atoms with Crippen LogP contribution in [0.4, 0.5) is 5.82 Å². The lowest BCUT2D eigenvalue weighted by molar-refractivity contribution is -0.159. The Bertz CT molecular complexity index is 961. The van der Waals surface area contributed by atoms with Crippen LogP contribution in [0.1, 0.15) is 38.5 Å². The fourth-order valence-corrected chi connectivity index (χ4v) is 4.65. The minimum atomic E-state index is -0.717. The van der Waals surface area contributed by atoms with Gasteiger partial charge in [-0.15, -0.1) is 0 Å². The number of hydrogen-bond acceptors (Lipinski definition) is 7. The van der Waals surface area contributed by atoms with Gasteiger partial charge in [-0.1, -0.05) is 31.7 Å². The number of imidazole rings is 1. The van der Waals surface area contributed by atoms with Crippen molar-refractivity contribution in [2.75, 3.05) is 18.4 Å². The van der Waals surface area contributed by atoms with E-state index in [1.807, 2.05) is 0 Å². The first-order chi connectivity index (χ1) is 16.0. The van der Waals surface area contributed by atoms with E-state index in [4.69, 9.17) is 0 Å². The smallest absolute Gasteiger partial charge is 0.250 e. The summed E-state index contributed by atoms with van der Waals surface area (Å²) in [5.74, 6) is 0.128. The molecule has 176 valence electrons. The van der Waals surface area contributed by atoms with E-state index in [1.165, 1.54) is 5.01 Å². The topological polar surface area (TPSA) is 133 Å². The number of pyridine rings is 1. The molecule has 0 radical (unpaired) electrons. The number of aromatic nitrogens is 3. The summed E-state index contributed by atoms with van der Waals surface area (Å²) in [6, 6.07) is 4.54. The Morgan fingerprint density at radius 1 is 1.30 bits per heavy atom. The van der Waals surface area contributed by atoms with Gasteiger partial charge in [0.15, 0.2) is 0 Å². The van der Waals surface area contributed by atoms with E-state index in [9.17, 15) is 19.6 Å². The quantitative estimate of drug-likeness (QED) is 0.295. The maximum absolute atomic E-state index is 13.4. The molecule has 1 saturated heterocycles. The second-order valence-electron chi connectivity index (χ2n) is 8.57. The lowest BCUT2D eigenvalue weighted by Gasteiger charge is -2.29. The molecule has 4 rings (SSSR count). The Hall–Kier alpha value is -3.31. The third kappa shape index (κ3) is 5.55. The van der Waals surface area contributed by atoms with Gasteiger partial charge in [-0.05, 0) is 30.9 Å². The standard InChI is InChI=1S/C22H29N7O4/c30-15-28(33)13-17(12-16-4-1-2-5-16)22(32)29-18(8-9-24-29)21(31)26-19-6-3-7-20(25-19)27-11-10-23-14-27/h3,6-7,10-11,14-18,24,33H,1-2,4-5,8-9,12-13H2,(H,25,26,31). The Kier molecular flexibility index (Phi) is 7.30. The number of hydrazine groups is 1. The van der Waals surface area contributed by atoms with E-state index >= 15 is 0 Å². The van der Waals surface area contributed by atoms with Crippen molar-refractivity contribution < 1.29 is 19.6 Å². The van der Waals surface area contributed by atoms with Gasteiger partial charge in [0.25, 0.3) is 0 Å². The van der Waals surface area contributed by atoms with Crippen LogP contribution in [-0.2, 0) is 14.4 Å². The van der Waals surface area contributed by atoms with Crippen molar-refractivity contribution in [3.63, 3.8) is 0 Å². The van der Waals surface area contributed by atoms with E-state index in [1.54, 1.807) is 41.5 Å². The molecule has 1 saturated carbocycles. The normalized spacial score (nSPS) is 19.4. The highest BCUT2D eigenvalue weighted by Crippen LogP contribution is 2.31.